The largest absolute Gasteiger partial charge is 0.478 e. The smallest absolute Gasteiger partial charge is 0.339 e. The third-order valence-electron chi connectivity index (χ3n) is 5.00. The Balaban J connectivity index is 1.65. The average molecular weight is 370 g/mol. The van der Waals surface area contributed by atoms with Crippen LogP contribution in [-0.4, -0.2) is 29.4 Å². The monoisotopic (exact) mass is 370 g/mol. The summed E-state index contributed by atoms with van der Waals surface area (Å²) in [7, 11) is 0. The number of furan rings is 1. The van der Waals surface area contributed by atoms with E-state index in [1.165, 1.54) is 6.07 Å². The van der Waals surface area contributed by atoms with Gasteiger partial charge >= 0.3 is 5.97 Å². The number of hydrogen-bond acceptors (Lipinski definition) is 4. The Labute approximate surface area is 157 Å². The van der Waals surface area contributed by atoms with E-state index in [0.29, 0.717) is 18.1 Å². The molecule has 1 aromatic heterocycles. The van der Waals surface area contributed by atoms with E-state index < -0.39 is 11.9 Å². The topological polar surface area (TPSA) is 99.8 Å². The second-order valence-electron chi connectivity index (χ2n) is 6.83. The standard InChI is InChI=1S/C20H22N2O5/c1-11-5-4-6-17(12(11)2)22-10-14(7-18(22)23)19(24)21-9-15-8-16(20(25)26)13(3)27-15/h4-6,8,14H,7,9-10H2,1-3H3,(H,21,24)(H,25,26). The third-order valence-corrected chi connectivity index (χ3v) is 5.00. The molecule has 1 fully saturated rings. The zero-order valence-electron chi connectivity index (χ0n) is 15.5. The molecular formula is C20H22N2O5. The summed E-state index contributed by atoms with van der Waals surface area (Å²) in [5.41, 5.74) is 3.04. The number of anilines is 1. The second kappa shape index (κ2) is 7.26. The van der Waals surface area contributed by atoms with Crippen LogP contribution in [0, 0.1) is 26.7 Å². The van der Waals surface area contributed by atoms with Gasteiger partial charge in [0.25, 0.3) is 0 Å². The molecule has 1 aliphatic heterocycles. The Bertz CT molecular complexity index is 915. The minimum atomic E-state index is -1.07. The van der Waals surface area contributed by atoms with Crippen LogP contribution in [0.15, 0.2) is 28.7 Å². The lowest BCUT2D eigenvalue weighted by Crippen LogP contribution is -2.32. The zero-order chi connectivity index (χ0) is 19.7. The van der Waals surface area contributed by atoms with Gasteiger partial charge in [-0.1, -0.05) is 12.1 Å². The lowest BCUT2D eigenvalue weighted by molar-refractivity contribution is -0.126. The van der Waals surface area contributed by atoms with Gasteiger partial charge in [-0.05, 0) is 44.0 Å². The summed E-state index contributed by atoms with van der Waals surface area (Å²) in [6.45, 7) is 5.92. The predicted molar refractivity (Wildman–Crippen MR) is 98.6 cm³/mol. The molecule has 0 spiro atoms. The van der Waals surface area contributed by atoms with Crippen LogP contribution in [0.25, 0.3) is 0 Å². The van der Waals surface area contributed by atoms with E-state index in [4.69, 9.17) is 9.52 Å². The molecule has 1 atom stereocenters. The van der Waals surface area contributed by atoms with E-state index in [2.05, 4.69) is 5.32 Å². The molecule has 0 bridgehead atoms. The van der Waals surface area contributed by atoms with E-state index in [-0.39, 0.29) is 30.3 Å². The fourth-order valence-corrected chi connectivity index (χ4v) is 3.31. The number of carboxylic acid groups (broad SMARTS) is 1. The van der Waals surface area contributed by atoms with Crippen molar-refractivity contribution in [2.24, 2.45) is 5.92 Å². The summed E-state index contributed by atoms with van der Waals surface area (Å²) in [5.74, 6) is -1.18. The number of nitrogens with one attached hydrogen (secondary N) is 1. The van der Waals surface area contributed by atoms with Gasteiger partial charge in [0.15, 0.2) is 0 Å². The molecule has 7 nitrogen and oxygen atoms in total. The highest BCUT2D eigenvalue weighted by atomic mass is 16.4. The molecule has 1 saturated heterocycles. The molecule has 1 aliphatic rings. The van der Waals surface area contributed by atoms with Crippen LogP contribution in [0.2, 0.25) is 0 Å². The van der Waals surface area contributed by atoms with Crippen molar-refractivity contribution >= 4 is 23.5 Å². The van der Waals surface area contributed by atoms with Crippen molar-refractivity contribution in [1.82, 2.24) is 5.32 Å². The van der Waals surface area contributed by atoms with Crippen LogP contribution < -0.4 is 10.2 Å². The number of carbonyl (C=O) groups excluding carboxylic acids is 2. The van der Waals surface area contributed by atoms with Gasteiger partial charge in [-0.3, -0.25) is 9.59 Å². The van der Waals surface area contributed by atoms with Gasteiger partial charge in [0.2, 0.25) is 11.8 Å². The van der Waals surface area contributed by atoms with Crippen molar-refractivity contribution in [3.05, 3.63) is 52.5 Å². The number of hydrogen-bond donors (Lipinski definition) is 2. The summed E-state index contributed by atoms with van der Waals surface area (Å²) < 4.78 is 5.36. The maximum atomic E-state index is 12.5. The molecule has 0 saturated carbocycles. The van der Waals surface area contributed by atoms with Gasteiger partial charge in [0.1, 0.15) is 17.1 Å². The third kappa shape index (κ3) is 3.72. The number of carboxylic acids is 1. The average Bonchev–Trinajstić information content (AvgIpc) is 3.18. The van der Waals surface area contributed by atoms with Crippen molar-refractivity contribution in [2.75, 3.05) is 11.4 Å². The van der Waals surface area contributed by atoms with Gasteiger partial charge in [-0.15, -0.1) is 0 Å². The molecule has 27 heavy (non-hydrogen) atoms. The van der Waals surface area contributed by atoms with Crippen molar-refractivity contribution < 1.29 is 23.9 Å². The lowest BCUT2D eigenvalue weighted by Gasteiger charge is -2.20. The second-order valence-corrected chi connectivity index (χ2v) is 6.83. The fourth-order valence-electron chi connectivity index (χ4n) is 3.31. The first kappa shape index (κ1) is 18.7. The molecule has 3 rings (SSSR count). The van der Waals surface area contributed by atoms with Crippen LogP contribution in [0.4, 0.5) is 5.69 Å². The molecule has 1 aromatic carbocycles. The Morgan fingerprint density at radius 3 is 2.70 bits per heavy atom. The molecule has 0 radical (unpaired) electrons. The van der Waals surface area contributed by atoms with Gasteiger partial charge in [0, 0.05) is 18.7 Å². The quantitative estimate of drug-likeness (QED) is 0.843. The molecule has 7 heteroatoms. The van der Waals surface area contributed by atoms with Crippen LogP contribution >= 0.6 is 0 Å². The molecule has 2 aromatic rings. The highest BCUT2D eigenvalue weighted by Crippen LogP contribution is 2.29. The van der Waals surface area contributed by atoms with Gasteiger partial charge in [-0.25, -0.2) is 4.79 Å². The Morgan fingerprint density at radius 1 is 1.30 bits per heavy atom. The Hall–Kier alpha value is -3.09. The van der Waals surface area contributed by atoms with Crippen molar-refractivity contribution in [1.29, 1.82) is 0 Å². The van der Waals surface area contributed by atoms with Crippen LogP contribution in [-0.2, 0) is 16.1 Å². The van der Waals surface area contributed by atoms with Crippen LogP contribution in [0.5, 0.6) is 0 Å². The number of aromatic carboxylic acids is 1. The van der Waals surface area contributed by atoms with Crippen molar-refractivity contribution in [2.45, 2.75) is 33.7 Å². The number of benzene rings is 1. The fraction of sp³-hybridized carbons (Fsp3) is 0.350. The molecule has 1 unspecified atom stereocenters. The number of rotatable bonds is 5. The maximum absolute atomic E-state index is 12.5. The van der Waals surface area contributed by atoms with Crippen molar-refractivity contribution in [3.8, 4) is 0 Å². The molecule has 2 amide bonds. The molecule has 2 heterocycles. The summed E-state index contributed by atoms with van der Waals surface area (Å²) in [4.78, 5) is 37.6. The normalized spacial score (nSPS) is 16.6. The van der Waals surface area contributed by atoms with Crippen LogP contribution in [0.3, 0.4) is 0 Å². The lowest BCUT2D eigenvalue weighted by atomic mass is 10.1. The number of amides is 2. The number of carbonyl (C=O) groups is 3. The van der Waals surface area contributed by atoms with E-state index in [1.54, 1.807) is 11.8 Å². The Morgan fingerprint density at radius 2 is 2.04 bits per heavy atom. The summed E-state index contributed by atoms with van der Waals surface area (Å²) in [5, 5.41) is 11.8. The first-order chi connectivity index (χ1) is 12.8. The predicted octanol–water partition coefficient (Wildman–Crippen LogP) is 2.57. The van der Waals surface area contributed by atoms with Crippen molar-refractivity contribution in [3.63, 3.8) is 0 Å². The van der Waals surface area contributed by atoms with E-state index >= 15 is 0 Å². The zero-order valence-corrected chi connectivity index (χ0v) is 15.5. The first-order valence-corrected chi connectivity index (χ1v) is 8.74. The van der Waals surface area contributed by atoms with Crippen LogP contribution in [0.1, 0.15) is 39.4 Å². The van der Waals surface area contributed by atoms with E-state index in [0.717, 1.165) is 16.8 Å². The summed E-state index contributed by atoms with van der Waals surface area (Å²) in [6, 6.07) is 7.18. The minimum Gasteiger partial charge on any atom is -0.478 e. The summed E-state index contributed by atoms with van der Waals surface area (Å²) >= 11 is 0. The SMILES string of the molecule is Cc1cccc(N2CC(C(=O)NCc3cc(C(=O)O)c(C)o3)CC2=O)c1C. The van der Waals surface area contributed by atoms with E-state index in [1.807, 2.05) is 32.0 Å². The van der Waals surface area contributed by atoms with E-state index in [9.17, 15) is 14.4 Å². The molecule has 2 N–H and O–H groups in total. The molecule has 0 aliphatic carbocycles. The van der Waals surface area contributed by atoms with Gasteiger partial charge < -0.3 is 19.7 Å². The Kier molecular flexibility index (Phi) is 5.03. The highest BCUT2D eigenvalue weighted by molar-refractivity contribution is 6.00. The first-order valence-electron chi connectivity index (χ1n) is 8.74. The minimum absolute atomic E-state index is 0.0779. The number of nitrogens with zero attached hydrogens (tertiary/aromatic N) is 1. The molecule has 142 valence electrons. The highest BCUT2D eigenvalue weighted by Gasteiger charge is 2.35. The van der Waals surface area contributed by atoms with Gasteiger partial charge in [0.05, 0.1) is 12.5 Å². The number of aryl methyl sites for hydroxylation is 2. The van der Waals surface area contributed by atoms with Gasteiger partial charge in [-0.2, -0.15) is 0 Å². The molecular weight excluding hydrogens is 348 g/mol. The summed E-state index contributed by atoms with van der Waals surface area (Å²) in [6.07, 6.45) is 0.150. The maximum Gasteiger partial charge on any atom is 0.339 e.